The van der Waals surface area contributed by atoms with Gasteiger partial charge < -0.3 is 14.5 Å². The van der Waals surface area contributed by atoms with Crippen LogP contribution in [0.25, 0.3) is 0 Å². The second-order valence-corrected chi connectivity index (χ2v) is 11.3. The zero-order valence-corrected chi connectivity index (χ0v) is 19.5. The molecule has 0 bridgehead atoms. The number of piperazine rings is 1. The van der Waals surface area contributed by atoms with Gasteiger partial charge in [0, 0.05) is 19.5 Å². The number of amides is 2. The third-order valence-electron chi connectivity index (χ3n) is 7.49. The van der Waals surface area contributed by atoms with Gasteiger partial charge in [-0.25, -0.2) is 17.9 Å². The van der Waals surface area contributed by atoms with E-state index in [9.17, 15) is 18.0 Å². The van der Waals surface area contributed by atoms with Crippen LogP contribution in [0.15, 0.2) is 0 Å². The molecule has 4 atom stereocenters. The molecule has 1 N–H and O–H groups in total. The summed E-state index contributed by atoms with van der Waals surface area (Å²) >= 11 is 0. The maximum Gasteiger partial charge on any atom is 0.410 e. The Morgan fingerprint density at radius 2 is 1.67 bits per heavy atom. The fraction of sp³-hybridized carbons (Fsp3) is 0.905. The lowest BCUT2D eigenvalue weighted by atomic mass is 9.69. The first-order valence-corrected chi connectivity index (χ1v) is 12.9. The van der Waals surface area contributed by atoms with Crippen molar-refractivity contribution in [3.05, 3.63) is 0 Å². The Morgan fingerprint density at radius 1 is 1.03 bits per heavy atom. The fourth-order valence-corrected chi connectivity index (χ4v) is 7.31. The van der Waals surface area contributed by atoms with Crippen molar-refractivity contribution in [2.45, 2.75) is 89.1 Å². The van der Waals surface area contributed by atoms with Crippen LogP contribution in [0.3, 0.4) is 0 Å². The summed E-state index contributed by atoms with van der Waals surface area (Å²) < 4.78 is 32.1. The van der Waals surface area contributed by atoms with Crippen molar-refractivity contribution < 1.29 is 22.7 Å². The summed E-state index contributed by atoms with van der Waals surface area (Å²) in [5.41, 5.74) is 0. The molecule has 0 spiro atoms. The highest BCUT2D eigenvalue weighted by atomic mass is 32.2. The molecule has 0 aromatic carbocycles. The third-order valence-corrected chi connectivity index (χ3v) is 9.41. The molecule has 0 aromatic rings. The summed E-state index contributed by atoms with van der Waals surface area (Å²) in [6.07, 6.45) is 5.65. The minimum atomic E-state index is -3.21. The molecule has 0 aromatic heterocycles. The van der Waals surface area contributed by atoms with E-state index in [1.54, 1.807) is 6.92 Å². The van der Waals surface area contributed by atoms with Crippen molar-refractivity contribution in [1.29, 1.82) is 0 Å². The highest BCUT2D eigenvalue weighted by molar-refractivity contribution is 7.90. The number of rotatable bonds is 4. The maximum absolute atomic E-state index is 12.7. The van der Waals surface area contributed by atoms with E-state index in [1.807, 2.05) is 23.6 Å². The Labute approximate surface area is 180 Å². The number of hydrogen-bond acceptors (Lipinski definition) is 5. The molecule has 3 fully saturated rings. The van der Waals surface area contributed by atoms with Crippen LogP contribution >= 0.6 is 0 Å². The first-order chi connectivity index (χ1) is 14.2. The fourth-order valence-electron chi connectivity index (χ4n) is 6.08. The zero-order valence-electron chi connectivity index (χ0n) is 18.7. The van der Waals surface area contributed by atoms with Crippen LogP contribution in [-0.2, 0) is 19.6 Å². The lowest BCUT2D eigenvalue weighted by molar-refractivity contribution is -0.142. The van der Waals surface area contributed by atoms with Gasteiger partial charge in [-0.2, -0.15) is 0 Å². The van der Waals surface area contributed by atoms with Gasteiger partial charge in [0.2, 0.25) is 15.9 Å². The van der Waals surface area contributed by atoms with E-state index in [4.69, 9.17) is 4.74 Å². The van der Waals surface area contributed by atoms with Crippen LogP contribution in [0.1, 0.15) is 65.7 Å². The molecule has 9 heteroatoms. The molecule has 2 saturated carbocycles. The summed E-state index contributed by atoms with van der Waals surface area (Å²) in [4.78, 5) is 28.8. The minimum Gasteiger partial charge on any atom is -0.450 e. The molecule has 3 unspecified atom stereocenters. The van der Waals surface area contributed by atoms with E-state index in [1.165, 1.54) is 7.05 Å². The van der Waals surface area contributed by atoms with Crippen LogP contribution in [0.2, 0.25) is 0 Å². The van der Waals surface area contributed by atoms with Gasteiger partial charge in [0.25, 0.3) is 0 Å². The summed E-state index contributed by atoms with van der Waals surface area (Å²) in [6.45, 7) is 6.26. The minimum absolute atomic E-state index is 0.0214. The summed E-state index contributed by atoms with van der Waals surface area (Å²) in [5, 5.41) is -0.296. The Kier molecular flexibility index (Phi) is 7.32. The van der Waals surface area contributed by atoms with Crippen LogP contribution in [0.5, 0.6) is 0 Å². The topological polar surface area (TPSA) is 96.0 Å². The van der Waals surface area contributed by atoms with E-state index >= 15 is 0 Å². The van der Waals surface area contributed by atoms with Crippen LogP contribution in [0, 0.1) is 11.8 Å². The Balaban J connectivity index is 1.72. The number of fused-ring (bicyclic) bond motifs is 1. The molecule has 2 aliphatic carbocycles. The van der Waals surface area contributed by atoms with Gasteiger partial charge in [0.15, 0.2) is 0 Å². The highest BCUT2D eigenvalue weighted by Crippen LogP contribution is 2.43. The van der Waals surface area contributed by atoms with E-state index in [0.717, 1.165) is 32.1 Å². The van der Waals surface area contributed by atoms with Crippen LogP contribution in [0.4, 0.5) is 4.79 Å². The summed E-state index contributed by atoms with van der Waals surface area (Å²) in [7, 11) is -1.72. The van der Waals surface area contributed by atoms with E-state index in [-0.39, 0.29) is 35.4 Å². The average molecular weight is 444 g/mol. The van der Waals surface area contributed by atoms with Crippen LogP contribution < -0.4 is 4.72 Å². The second kappa shape index (κ2) is 9.42. The van der Waals surface area contributed by atoms with Crippen molar-refractivity contribution in [2.24, 2.45) is 11.8 Å². The molecule has 1 saturated heterocycles. The van der Waals surface area contributed by atoms with Gasteiger partial charge in [0.1, 0.15) is 0 Å². The van der Waals surface area contributed by atoms with Gasteiger partial charge in [-0.15, -0.1) is 0 Å². The molecule has 3 aliphatic rings. The van der Waals surface area contributed by atoms with Gasteiger partial charge in [-0.1, -0.05) is 0 Å². The number of ether oxygens (including phenoxy) is 1. The SMILES string of the molecule is CCOC(=O)N1C[C@H](C)N(C(C)=O)C2CCC(C3CCC(S(=O)(=O)NC)CC3)CC21. The highest BCUT2D eigenvalue weighted by Gasteiger charge is 2.48. The largest absolute Gasteiger partial charge is 0.450 e. The van der Waals surface area contributed by atoms with E-state index in [0.29, 0.717) is 37.8 Å². The van der Waals surface area contributed by atoms with Crippen molar-refractivity contribution in [3.8, 4) is 0 Å². The standard InChI is InChI=1S/C21H37N3O5S/c1-5-29-21(26)23-13-14(2)24(15(3)25)19-11-8-17(12-20(19)23)16-6-9-18(10-7-16)30(27,28)22-4/h14,16-20,22H,5-13H2,1-4H3/t14-,16?,17?,18?,19?,20?/m0/s1. The van der Waals surface area contributed by atoms with Crippen molar-refractivity contribution in [2.75, 3.05) is 20.2 Å². The molecule has 1 aliphatic heterocycles. The third kappa shape index (κ3) is 4.61. The van der Waals surface area contributed by atoms with E-state index in [2.05, 4.69) is 4.72 Å². The number of nitrogens with zero attached hydrogens (tertiary/aromatic N) is 2. The van der Waals surface area contributed by atoms with Gasteiger partial charge in [-0.05, 0) is 77.7 Å². The molecular weight excluding hydrogens is 406 g/mol. The normalized spacial score (nSPS) is 34.9. The van der Waals surface area contributed by atoms with Gasteiger partial charge in [0.05, 0.1) is 23.9 Å². The monoisotopic (exact) mass is 443 g/mol. The Bertz CT molecular complexity index is 735. The predicted octanol–water partition coefficient (Wildman–Crippen LogP) is 2.34. The summed E-state index contributed by atoms with van der Waals surface area (Å²) in [5.74, 6) is 0.990. The Hall–Kier alpha value is -1.35. The molecule has 3 rings (SSSR count). The molecule has 172 valence electrons. The van der Waals surface area contributed by atoms with E-state index < -0.39 is 10.0 Å². The molecule has 30 heavy (non-hydrogen) atoms. The zero-order chi connectivity index (χ0) is 22.1. The number of sulfonamides is 1. The lowest BCUT2D eigenvalue weighted by Crippen LogP contribution is -2.67. The number of carbonyl (C=O) groups is 2. The van der Waals surface area contributed by atoms with Gasteiger partial charge >= 0.3 is 6.09 Å². The predicted molar refractivity (Wildman–Crippen MR) is 114 cm³/mol. The molecule has 0 radical (unpaired) electrons. The smallest absolute Gasteiger partial charge is 0.410 e. The number of nitrogens with one attached hydrogen (secondary N) is 1. The molecular formula is C21H37N3O5S. The number of carbonyl (C=O) groups excluding carboxylic acids is 2. The van der Waals surface area contributed by atoms with Crippen molar-refractivity contribution in [1.82, 2.24) is 14.5 Å². The van der Waals surface area contributed by atoms with Crippen molar-refractivity contribution >= 4 is 22.0 Å². The average Bonchev–Trinajstić information content (AvgIpc) is 2.72. The van der Waals surface area contributed by atoms with Gasteiger partial charge in [-0.3, -0.25) is 4.79 Å². The second-order valence-electron chi connectivity index (χ2n) is 9.12. The van der Waals surface area contributed by atoms with Crippen LogP contribution in [-0.4, -0.2) is 73.8 Å². The van der Waals surface area contributed by atoms with Crippen molar-refractivity contribution in [3.63, 3.8) is 0 Å². The summed E-state index contributed by atoms with van der Waals surface area (Å²) in [6, 6.07) is -0.0125. The quantitative estimate of drug-likeness (QED) is 0.719. The molecule has 1 heterocycles. The molecule has 2 amide bonds. The Morgan fingerprint density at radius 3 is 2.23 bits per heavy atom. The molecule has 8 nitrogen and oxygen atoms in total. The first-order valence-electron chi connectivity index (χ1n) is 11.3. The first kappa shape index (κ1) is 23.3. The number of hydrogen-bond donors (Lipinski definition) is 1. The lowest BCUT2D eigenvalue weighted by Gasteiger charge is -2.54. The maximum atomic E-state index is 12.7.